The molecule has 2 aromatic rings. The van der Waals surface area contributed by atoms with E-state index in [4.69, 9.17) is 4.74 Å². The lowest BCUT2D eigenvalue weighted by molar-refractivity contribution is -0.274. The van der Waals surface area contributed by atoms with E-state index >= 15 is 0 Å². The minimum atomic E-state index is -4.80. The Kier molecular flexibility index (Phi) is 8.49. The molecule has 35 heavy (non-hydrogen) atoms. The highest BCUT2D eigenvalue weighted by atomic mass is 19.4. The quantitative estimate of drug-likeness (QED) is 0.585. The Labute approximate surface area is 198 Å². The van der Waals surface area contributed by atoms with Gasteiger partial charge in [-0.25, -0.2) is 8.78 Å². The molecule has 0 radical (unpaired) electrons. The molecule has 1 aliphatic rings. The van der Waals surface area contributed by atoms with Gasteiger partial charge in [0.1, 0.15) is 23.1 Å². The van der Waals surface area contributed by atoms with Gasteiger partial charge in [0, 0.05) is 32.2 Å². The standard InChI is InChI=1S/C23H24F5N3O4/c1-15(34-17-4-6-18(7-5-17)35-23(26,27)28)22(33)31-10-2-9-30(11-12-31)14-21(32)29-20-8-3-16(24)13-19(20)25/h3-8,13,15H,2,9-12,14H2,1H3,(H,29,32). The zero-order valence-electron chi connectivity index (χ0n) is 18.8. The molecule has 1 fully saturated rings. The number of carbonyl (C=O) groups is 2. The van der Waals surface area contributed by atoms with Gasteiger partial charge in [-0.15, -0.1) is 13.2 Å². The lowest BCUT2D eigenvalue weighted by atomic mass is 10.3. The number of carbonyl (C=O) groups excluding carboxylic acids is 2. The summed E-state index contributed by atoms with van der Waals surface area (Å²) in [7, 11) is 0. The van der Waals surface area contributed by atoms with E-state index in [1.165, 1.54) is 19.1 Å². The third kappa shape index (κ3) is 8.09. The number of nitrogens with zero attached hydrogens (tertiary/aromatic N) is 2. The molecule has 1 saturated heterocycles. The number of ether oxygens (including phenoxy) is 2. The summed E-state index contributed by atoms with van der Waals surface area (Å²) in [6.45, 7) is 3.17. The SMILES string of the molecule is CC(Oc1ccc(OC(F)(F)F)cc1)C(=O)N1CCCN(CC(=O)Nc2ccc(F)cc2F)CC1. The molecule has 12 heteroatoms. The Morgan fingerprint density at radius 1 is 1.00 bits per heavy atom. The number of amides is 2. The summed E-state index contributed by atoms with van der Waals surface area (Å²) < 4.78 is 72.9. The van der Waals surface area contributed by atoms with Gasteiger partial charge in [-0.3, -0.25) is 14.5 Å². The van der Waals surface area contributed by atoms with Crippen LogP contribution in [0, 0.1) is 11.6 Å². The molecule has 0 spiro atoms. The van der Waals surface area contributed by atoms with Crippen molar-refractivity contribution in [3.05, 3.63) is 54.1 Å². The summed E-state index contributed by atoms with van der Waals surface area (Å²) in [6.07, 6.45) is -5.11. The fourth-order valence-electron chi connectivity index (χ4n) is 3.56. The number of halogens is 5. The Morgan fingerprint density at radius 2 is 1.69 bits per heavy atom. The highest BCUT2D eigenvalue weighted by Gasteiger charge is 2.31. The number of hydrogen-bond acceptors (Lipinski definition) is 5. The van der Waals surface area contributed by atoms with E-state index in [2.05, 4.69) is 10.1 Å². The second-order valence-corrected chi connectivity index (χ2v) is 7.91. The third-order valence-electron chi connectivity index (χ3n) is 5.19. The van der Waals surface area contributed by atoms with E-state index in [1.807, 2.05) is 4.90 Å². The van der Waals surface area contributed by atoms with Crippen molar-refractivity contribution in [2.24, 2.45) is 0 Å². The summed E-state index contributed by atoms with van der Waals surface area (Å²) in [4.78, 5) is 28.5. The largest absolute Gasteiger partial charge is 0.573 e. The van der Waals surface area contributed by atoms with Crippen molar-refractivity contribution < 1.29 is 41.0 Å². The van der Waals surface area contributed by atoms with Crippen molar-refractivity contribution in [3.63, 3.8) is 0 Å². The molecule has 1 N–H and O–H groups in total. The van der Waals surface area contributed by atoms with E-state index in [0.717, 1.165) is 24.3 Å². The van der Waals surface area contributed by atoms with Crippen LogP contribution in [-0.4, -0.2) is 66.8 Å². The van der Waals surface area contributed by atoms with Crippen LogP contribution < -0.4 is 14.8 Å². The van der Waals surface area contributed by atoms with Crippen molar-refractivity contribution >= 4 is 17.5 Å². The maximum Gasteiger partial charge on any atom is 0.573 e. The fraction of sp³-hybridized carbons (Fsp3) is 0.391. The van der Waals surface area contributed by atoms with Crippen LogP contribution in [0.1, 0.15) is 13.3 Å². The average Bonchev–Trinajstić information content (AvgIpc) is 3.01. The lowest BCUT2D eigenvalue weighted by Crippen LogP contribution is -2.43. The maximum atomic E-state index is 13.7. The molecule has 0 saturated carbocycles. The van der Waals surface area contributed by atoms with Gasteiger partial charge in [0.25, 0.3) is 5.91 Å². The minimum absolute atomic E-state index is 0.0305. The molecule has 0 bridgehead atoms. The van der Waals surface area contributed by atoms with Gasteiger partial charge in [-0.2, -0.15) is 0 Å². The highest BCUT2D eigenvalue weighted by Crippen LogP contribution is 2.25. The number of hydrogen-bond donors (Lipinski definition) is 1. The van der Waals surface area contributed by atoms with Gasteiger partial charge in [0.2, 0.25) is 5.91 Å². The molecule has 190 valence electrons. The predicted molar refractivity (Wildman–Crippen MR) is 116 cm³/mol. The van der Waals surface area contributed by atoms with Gasteiger partial charge < -0.3 is 19.7 Å². The molecule has 2 aromatic carbocycles. The summed E-state index contributed by atoms with van der Waals surface area (Å²) in [5.74, 6) is -2.58. The van der Waals surface area contributed by atoms with Gasteiger partial charge in [0.05, 0.1) is 12.2 Å². The van der Waals surface area contributed by atoms with E-state index < -0.39 is 35.8 Å². The Balaban J connectivity index is 1.48. The van der Waals surface area contributed by atoms with Gasteiger partial charge in [-0.1, -0.05) is 0 Å². The van der Waals surface area contributed by atoms with E-state index in [1.54, 1.807) is 4.90 Å². The maximum absolute atomic E-state index is 13.7. The van der Waals surface area contributed by atoms with Crippen LogP contribution in [0.2, 0.25) is 0 Å². The first-order valence-corrected chi connectivity index (χ1v) is 10.8. The number of benzene rings is 2. The van der Waals surface area contributed by atoms with Gasteiger partial charge in [0.15, 0.2) is 6.10 Å². The van der Waals surface area contributed by atoms with E-state index in [0.29, 0.717) is 38.7 Å². The van der Waals surface area contributed by atoms with Crippen LogP contribution >= 0.6 is 0 Å². The van der Waals surface area contributed by atoms with Crippen LogP contribution in [0.15, 0.2) is 42.5 Å². The van der Waals surface area contributed by atoms with Crippen molar-refractivity contribution in [2.45, 2.75) is 25.8 Å². The van der Waals surface area contributed by atoms with Gasteiger partial charge >= 0.3 is 6.36 Å². The first-order valence-electron chi connectivity index (χ1n) is 10.8. The van der Waals surface area contributed by atoms with Crippen molar-refractivity contribution in [1.29, 1.82) is 0 Å². The summed E-state index contributed by atoms with van der Waals surface area (Å²) in [6, 6.07) is 7.60. The smallest absolute Gasteiger partial charge is 0.481 e. The monoisotopic (exact) mass is 501 g/mol. The summed E-state index contributed by atoms with van der Waals surface area (Å²) in [5.41, 5.74) is -0.119. The average molecular weight is 501 g/mol. The molecule has 0 aliphatic carbocycles. The molecule has 1 aliphatic heterocycles. The number of rotatable bonds is 7. The van der Waals surface area contributed by atoms with Crippen LogP contribution in [0.3, 0.4) is 0 Å². The van der Waals surface area contributed by atoms with Crippen LogP contribution in [0.4, 0.5) is 27.6 Å². The van der Waals surface area contributed by atoms with Crippen molar-refractivity contribution in [1.82, 2.24) is 9.80 Å². The molecule has 7 nitrogen and oxygen atoms in total. The molecule has 0 aromatic heterocycles. The van der Waals surface area contributed by atoms with Crippen molar-refractivity contribution in [3.8, 4) is 11.5 Å². The normalized spacial score (nSPS) is 15.8. The Morgan fingerprint density at radius 3 is 2.34 bits per heavy atom. The lowest BCUT2D eigenvalue weighted by Gasteiger charge is -2.25. The highest BCUT2D eigenvalue weighted by molar-refractivity contribution is 5.92. The molecule has 1 unspecified atom stereocenters. The fourth-order valence-corrected chi connectivity index (χ4v) is 3.56. The Hall–Kier alpha value is -3.41. The minimum Gasteiger partial charge on any atom is -0.481 e. The molecule has 2 amide bonds. The summed E-state index contributed by atoms with van der Waals surface area (Å²) >= 11 is 0. The number of alkyl halides is 3. The third-order valence-corrected chi connectivity index (χ3v) is 5.19. The zero-order valence-corrected chi connectivity index (χ0v) is 18.8. The van der Waals surface area contributed by atoms with E-state index in [9.17, 15) is 31.5 Å². The second kappa shape index (κ2) is 11.3. The van der Waals surface area contributed by atoms with Crippen LogP contribution in [0.5, 0.6) is 11.5 Å². The zero-order chi connectivity index (χ0) is 25.6. The first-order chi connectivity index (χ1) is 16.5. The van der Waals surface area contributed by atoms with E-state index in [-0.39, 0.29) is 23.9 Å². The summed E-state index contributed by atoms with van der Waals surface area (Å²) in [5, 5.41) is 2.41. The molecule has 3 rings (SSSR count). The molecule has 1 atom stereocenters. The predicted octanol–water partition coefficient (Wildman–Crippen LogP) is 3.80. The van der Waals surface area contributed by atoms with Crippen LogP contribution in [-0.2, 0) is 9.59 Å². The number of nitrogens with one attached hydrogen (secondary N) is 1. The molecule has 1 heterocycles. The molecular formula is C23H24F5N3O4. The first kappa shape index (κ1) is 26.2. The van der Waals surface area contributed by atoms with Crippen LogP contribution in [0.25, 0.3) is 0 Å². The second-order valence-electron chi connectivity index (χ2n) is 7.91. The molecular weight excluding hydrogens is 477 g/mol. The van der Waals surface area contributed by atoms with Crippen molar-refractivity contribution in [2.75, 3.05) is 38.0 Å². The Bertz CT molecular complexity index is 1030. The van der Waals surface area contributed by atoms with Gasteiger partial charge in [-0.05, 0) is 49.7 Å². The topological polar surface area (TPSA) is 71.1 Å². The number of anilines is 1.